The Balaban J connectivity index is 1.92. The van der Waals surface area contributed by atoms with Crippen LogP contribution in [0.5, 0.6) is 0 Å². The van der Waals surface area contributed by atoms with Crippen LogP contribution < -0.4 is 0 Å². The highest BCUT2D eigenvalue weighted by molar-refractivity contribution is 6.05. The minimum atomic E-state index is -0.468. The average Bonchev–Trinajstić information content (AvgIpc) is 2.74. The van der Waals surface area contributed by atoms with Crippen LogP contribution in [0.2, 0.25) is 0 Å². The van der Waals surface area contributed by atoms with E-state index in [9.17, 15) is 9.59 Å². The second-order valence-corrected chi connectivity index (χ2v) is 8.21. The van der Waals surface area contributed by atoms with Crippen molar-refractivity contribution in [3.05, 3.63) is 35.9 Å². The van der Waals surface area contributed by atoms with Gasteiger partial charge in [0.2, 0.25) is 0 Å². The Labute approximate surface area is 173 Å². The second-order valence-electron chi connectivity index (χ2n) is 8.21. The van der Waals surface area contributed by atoms with Crippen LogP contribution in [0.4, 0.5) is 0 Å². The molecule has 158 valence electrons. The van der Waals surface area contributed by atoms with E-state index in [-0.39, 0.29) is 5.78 Å². The third kappa shape index (κ3) is 12.1. The summed E-state index contributed by atoms with van der Waals surface area (Å²) >= 11 is 0. The number of carbonyl (C=O) groups excluding carboxylic acids is 2. The van der Waals surface area contributed by atoms with Crippen molar-refractivity contribution in [2.75, 3.05) is 0 Å². The van der Waals surface area contributed by atoms with Gasteiger partial charge in [0.05, 0.1) is 5.92 Å². The molecule has 2 nitrogen and oxygen atoms in total. The van der Waals surface area contributed by atoms with E-state index in [0.29, 0.717) is 12.0 Å². The summed E-state index contributed by atoms with van der Waals surface area (Å²) in [6, 6.07) is 9.18. The van der Waals surface area contributed by atoms with E-state index < -0.39 is 5.92 Å². The number of unbranched alkanes of at least 4 members (excludes halogenated alkanes) is 14. The van der Waals surface area contributed by atoms with Gasteiger partial charge in [-0.15, -0.1) is 0 Å². The van der Waals surface area contributed by atoms with Gasteiger partial charge in [-0.2, -0.15) is 0 Å². The van der Waals surface area contributed by atoms with Gasteiger partial charge in [0, 0.05) is 5.56 Å². The van der Waals surface area contributed by atoms with E-state index >= 15 is 0 Å². The predicted molar refractivity (Wildman–Crippen MR) is 120 cm³/mol. The molecule has 0 amide bonds. The molecule has 0 heterocycles. The largest absolute Gasteiger partial charge is 0.303 e. The van der Waals surface area contributed by atoms with Crippen molar-refractivity contribution in [2.24, 2.45) is 5.92 Å². The Bertz CT molecular complexity index is 494. The molecule has 0 spiro atoms. The highest BCUT2D eigenvalue weighted by Crippen LogP contribution is 2.17. The zero-order valence-electron chi connectivity index (χ0n) is 18.2. The first kappa shape index (κ1) is 24.6. The number of ketones is 1. The zero-order chi connectivity index (χ0) is 20.3. The minimum Gasteiger partial charge on any atom is -0.303 e. The Morgan fingerprint density at radius 3 is 1.57 bits per heavy atom. The fourth-order valence-electron chi connectivity index (χ4n) is 3.81. The highest BCUT2D eigenvalue weighted by atomic mass is 16.1. The molecular formula is C26H42O2. The van der Waals surface area contributed by atoms with Gasteiger partial charge in [-0.05, 0) is 6.42 Å². The number of carbonyl (C=O) groups is 2. The molecule has 0 fully saturated rings. The molecule has 0 N–H and O–H groups in total. The zero-order valence-corrected chi connectivity index (χ0v) is 18.2. The third-order valence-corrected chi connectivity index (χ3v) is 5.68. The standard InChI is InChI=1S/C26H42O2/c1-2-3-4-5-6-7-8-9-10-11-12-13-14-15-17-22-25(23-27)26(28)24-20-18-16-19-21-24/h16,18-21,23,25H,2-15,17,22H2,1H3. The molecular weight excluding hydrogens is 344 g/mol. The first-order valence-corrected chi connectivity index (χ1v) is 11.8. The molecule has 28 heavy (non-hydrogen) atoms. The molecule has 0 saturated heterocycles. The van der Waals surface area contributed by atoms with Crippen molar-refractivity contribution in [3.63, 3.8) is 0 Å². The maximum atomic E-state index is 12.3. The van der Waals surface area contributed by atoms with Crippen LogP contribution in [0.3, 0.4) is 0 Å². The van der Waals surface area contributed by atoms with Crippen molar-refractivity contribution < 1.29 is 9.59 Å². The van der Waals surface area contributed by atoms with Gasteiger partial charge in [-0.1, -0.05) is 134 Å². The highest BCUT2D eigenvalue weighted by Gasteiger charge is 2.18. The Hall–Kier alpha value is -1.44. The van der Waals surface area contributed by atoms with Gasteiger partial charge in [-0.25, -0.2) is 0 Å². The number of rotatable bonds is 19. The van der Waals surface area contributed by atoms with Crippen molar-refractivity contribution in [2.45, 2.75) is 110 Å². The number of hydrogen-bond donors (Lipinski definition) is 0. The van der Waals surface area contributed by atoms with Gasteiger partial charge < -0.3 is 4.79 Å². The van der Waals surface area contributed by atoms with Crippen molar-refractivity contribution in [3.8, 4) is 0 Å². The quantitative estimate of drug-likeness (QED) is 0.105. The lowest BCUT2D eigenvalue weighted by atomic mass is 9.93. The Kier molecular flexibility index (Phi) is 15.5. The van der Waals surface area contributed by atoms with Crippen LogP contribution >= 0.6 is 0 Å². The summed E-state index contributed by atoms with van der Waals surface area (Å²) in [7, 11) is 0. The van der Waals surface area contributed by atoms with E-state index in [0.717, 1.165) is 19.1 Å². The normalized spacial score (nSPS) is 12.0. The van der Waals surface area contributed by atoms with Crippen LogP contribution in [0.25, 0.3) is 0 Å². The molecule has 0 aliphatic carbocycles. The smallest absolute Gasteiger partial charge is 0.173 e. The maximum absolute atomic E-state index is 12.3. The molecule has 0 bridgehead atoms. The number of Topliss-reactive ketones (excluding diaryl/α,β-unsaturated/α-hetero) is 1. The second kappa shape index (κ2) is 17.6. The van der Waals surface area contributed by atoms with E-state index in [1.165, 1.54) is 83.5 Å². The molecule has 0 aromatic heterocycles. The van der Waals surface area contributed by atoms with Gasteiger partial charge in [0.25, 0.3) is 0 Å². The summed E-state index contributed by atoms with van der Waals surface area (Å²) in [5.41, 5.74) is 0.653. The van der Waals surface area contributed by atoms with Gasteiger partial charge in [0.15, 0.2) is 5.78 Å². The monoisotopic (exact) mass is 386 g/mol. The molecule has 2 heteroatoms. The molecule has 1 aromatic carbocycles. The van der Waals surface area contributed by atoms with Gasteiger partial charge >= 0.3 is 0 Å². The summed E-state index contributed by atoms with van der Waals surface area (Å²) in [5, 5.41) is 0. The van der Waals surface area contributed by atoms with Crippen LogP contribution in [-0.2, 0) is 4.79 Å². The average molecular weight is 387 g/mol. The molecule has 1 aromatic rings. The number of benzene rings is 1. The summed E-state index contributed by atoms with van der Waals surface area (Å²) in [4.78, 5) is 23.6. The lowest BCUT2D eigenvalue weighted by Gasteiger charge is -2.09. The van der Waals surface area contributed by atoms with E-state index in [1.807, 2.05) is 18.2 Å². The summed E-state index contributed by atoms with van der Waals surface area (Å²) in [6.07, 6.45) is 21.5. The topological polar surface area (TPSA) is 34.1 Å². The molecule has 1 rings (SSSR count). The maximum Gasteiger partial charge on any atom is 0.173 e. The number of aldehydes is 1. The van der Waals surface area contributed by atoms with Crippen LogP contribution in [0, 0.1) is 5.92 Å². The predicted octanol–water partition coefficient (Wildman–Crippen LogP) is 7.95. The van der Waals surface area contributed by atoms with E-state index in [2.05, 4.69) is 6.92 Å². The van der Waals surface area contributed by atoms with Gasteiger partial charge in [-0.3, -0.25) is 4.79 Å². The molecule has 1 atom stereocenters. The summed E-state index contributed by atoms with van der Waals surface area (Å²) in [6.45, 7) is 2.27. The van der Waals surface area contributed by atoms with E-state index in [1.54, 1.807) is 12.1 Å². The fourth-order valence-corrected chi connectivity index (χ4v) is 3.81. The first-order chi connectivity index (χ1) is 13.8. The van der Waals surface area contributed by atoms with Crippen LogP contribution in [-0.4, -0.2) is 12.1 Å². The molecule has 0 radical (unpaired) electrons. The van der Waals surface area contributed by atoms with Crippen molar-refractivity contribution in [1.82, 2.24) is 0 Å². The lowest BCUT2D eigenvalue weighted by Crippen LogP contribution is -2.16. The molecule has 0 aliphatic rings. The fraction of sp³-hybridized carbons (Fsp3) is 0.692. The van der Waals surface area contributed by atoms with E-state index in [4.69, 9.17) is 0 Å². The Morgan fingerprint density at radius 1 is 0.714 bits per heavy atom. The van der Waals surface area contributed by atoms with Crippen molar-refractivity contribution in [1.29, 1.82) is 0 Å². The van der Waals surface area contributed by atoms with Crippen molar-refractivity contribution >= 4 is 12.1 Å². The number of hydrogen-bond acceptors (Lipinski definition) is 2. The molecule has 0 saturated carbocycles. The summed E-state index contributed by atoms with van der Waals surface area (Å²) < 4.78 is 0. The first-order valence-electron chi connectivity index (χ1n) is 11.8. The van der Waals surface area contributed by atoms with Gasteiger partial charge in [0.1, 0.15) is 6.29 Å². The Morgan fingerprint density at radius 2 is 1.14 bits per heavy atom. The lowest BCUT2D eigenvalue weighted by molar-refractivity contribution is -0.110. The SMILES string of the molecule is CCCCCCCCCCCCCCCCCC(C=O)C(=O)c1ccccc1. The minimum absolute atomic E-state index is 0.0269. The molecule has 0 aliphatic heterocycles. The summed E-state index contributed by atoms with van der Waals surface area (Å²) in [5.74, 6) is -0.495. The van der Waals surface area contributed by atoms with Crippen LogP contribution in [0.15, 0.2) is 30.3 Å². The third-order valence-electron chi connectivity index (χ3n) is 5.68. The van der Waals surface area contributed by atoms with Crippen LogP contribution in [0.1, 0.15) is 120 Å². The molecule has 1 unspecified atom stereocenters.